The molecule has 3 heteroatoms. The number of likely N-dealkylation sites (tertiary alicyclic amines) is 1. The van der Waals surface area contributed by atoms with E-state index in [0.717, 1.165) is 31.5 Å². The predicted molar refractivity (Wildman–Crippen MR) is 68.0 cm³/mol. The van der Waals surface area contributed by atoms with Gasteiger partial charge in [-0.1, -0.05) is 0 Å². The number of Topliss-reactive ketones (excluding diaryl/α,β-unsaturated/α-hetero) is 1. The van der Waals surface area contributed by atoms with Crippen molar-refractivity contribution in [3.05, 3.63) is 30.1 Å². The van der Waals surface area contributed by atoms with Gasteiger partial charge in [-0.3, -0.25) is 9.78 Å². The molecule has 0 bridgehead atoms. The average molecular weight is 232 g/mol. The molecule has 0 aliphatic carbocycles. The van der Waals surface area contributed by atoms with Gasteiger partial charge in [-0.2, -0.15) is 0 Å². The van der Waals surface area contributed by atoms with E-state index >= 15 is 0 Å². The molecular formula is C14H20N2O. The SMILES string of the molecule is CC(C)N1CCCC(C(=O)c2cccnc2)C1. The van der Waals surface area contributed by atoms with E-state index in [1.807, 2.05) is 12.1 Å². The fourth-order valence-electron chi connectivity index (χ4n) is 2.43. The van der Waals surface area contributed by atoms with Crippen LogP contribution in [-0.4, -0.2) is 34.8 Å². The van der Waals surface area contributed by atoms with Gasteiger partial charge in [0.2, 0.25) is 0 Å². The van der Waals surface area contributed by atoms with Gasteiger partial charge in [0.25, 0.3) is 0 Å². The van der Waals surface area contributed by atoms with Crippen molar-refractivity contribution < 1.29 is 4.79 Å². The molecule has 0 saturated carbocycles. The quantitative estimate of drug-likeness (QED) is 0.750. The summed E-state index contributed by atoms with van der Waals surface area (Å²) in [5.41, 5.74) is 0.753. The first-order valence-electron chi connectivity index (χ1n) is 6.37. The topological polar surface area (TPSA) is 33.2 Å². The number of aromatic nitrogens is 1. The molecule has 1 aromatic rings. The number of piperidine rings is 1. The maximum absolute atomic E-state index is 12.3. The van der Waals surface area contributed by atoms with Crippen molar-refractivity contribution in [1.82, 2.24) is 9.88 Å². The van der Waals surface area contributed by atoms with Crippen molar-refractivity contribution in [1.29, 1.82) is 0 Å². The third-order valence-corrected chi connectivity index (χ3v) is 3.50. The standard InChI is InChI=1S/C14H20N2O/c1-11(2)16-8-4-6-13(10-16)14(17)12-5-3-7-15-9-12/h3,5,7,9,11,13H,4,6,8,10H2,1-2H3. The van der Waals surface area contributed by atoms with Crippen molar-refractivity contribution in [3.8, 4) is 0 Å². The zero-order valence-electron chi connectivity index (χ0n) is 10.6. The summed E-state index contributed by atoms with van der Waals surface area (Å²) in [7, 11) is 0. The summed E-state index contributed by atoms with van der Waals surface area (Å²) < 4.78 is 0. The van der Waals surface area contributed by atoms with E-state index in [1.165, 1.54) is 0 Å². The van der Waals surface area contributed by atoms with Gasteiger partial charge in [0.15, 0.2) is 5.78 Å². The van der Waals surface area contributed by atoms with Gasteiger partial charge in [0.1, 0.15) is 0 Å². The lowest BCUT2D eigenvalue weighted by Gasteiger charge is -2.34. The lowest BCUT2D eigenvalue weighted by molar-refractivity contribution is 0.0781. The van der Waals surface area contributed by atoms with Crippen LogP contribution in [0.2, 0.25) is 0 Å². The van der Waals surface area contributed by atoms with Crippen LogP contribution in [0.3, 0.4) is 0 Å². The summed E-state index contributed by atoms with van der Waals surface area (Å²) in [6.45, 7) is 6.40. The summed E-state index contributed by atoms with van der Waals surface area (Å²) in [5, 5.41) is 0. The van der Waals surface area contributed by atoms with Gasteiger partial charge in [-0.05, 0) is 45.4 Å². The molecule has 0 aromatic carbocycles. The molecular weight excluding hydrogens is 212 g/mol. The molecule has 1 fully saturated rings. The Morgan fingerprint density at radius 1 is 1.53 bits per heavy atom. The zero-order chi connectivity index (χ0) is 12.3. The van der Waals surface area contributed by atoms with Gasteiger partial charge < -0.3 is 4.90 Å². The molecule has 2 rings (SSSR count). The number of rotatable bonds is 3. The van der Waals surface area contributed by atoms with Crippen molar-refractivity contribution in [2.24, 2.45) is 5.92 Å². The van der Waals surface area contributed by atoms with Gasteiger partial charge in [0, 0.05) is 36.5 Å². The highest BCUT2D eigenvalue weighted by atomic mass is 16.1. The van der Waals surface area contributed by atoms with Gasteiger partial charge in [-0.15, -0.1) is 0 Å². The van der Waals surface area contributed by atoms with Crippen molar-refractivity contribution in [2.75, 3.05) is 13.1 Å². The van der Waals surface area contributed by atoms with Crippen LogP contribution in [0.25, 0.3) is 0 Å². The number of pyridine rings is 1. The predicted octanol–water partition coefficient (Wildman–Crippen LogP) is 2.38. The molecule has 92 valence electrons. The largest absolute Gasteiger partial charge is 0.300 e. The van der Waals surface area contributed by atoms with E-state index in [9.17, 15) is 4.79 Å². The van der Waals surface area contributed by atoms with E-state index in [0.29, 0.717) is 6.04 Å². The number of hydrogen-bond acceptors (Lipinski definition) is 3. The van der Waals surface area contributed by atoms with E-state index in [2.05, 4.69) is 23.7 Å². The van der Waals surface area contributed by atoms with E-state index in [1.54, 1.807) is 12.4 Å². The first kappa shape index (κ1) is 12.2. The first-order valence-corrected chi connectivity index (χ1v) is 6.37. The zero-order valence-corrected chi connectivity index (χ0v) is 10.6. The second-order valence-corrected chi connectivity index (χ2v) is 5.03. The number of hydrogen-bond donors (Lipinski definition) is 0. The Morgan fingerprint density at radius 3 is 3.00 bits per heavy atom. The Hall–Kier alpha value is -1.22. The Labute approximate surface area is 103 Å². The summed E-state index contributed by atoms with van der Waals surface area (Å²) in [4.78, 5) is 18.7. The molecule has 1 aliphatic heterocycles. The van der Waals surface area contributed by atoms with E-state index in [4.69, 9.17) is 0 Å². The van der Waals surface area contributed by atoms with Crippen LogP contribution < -0.4 is 0 Å². The minimum Gasteiger partial charge on any atom is -0.300 e. The fourth-order valence-corrected chi connectivity index (χ4v) is 2.43. The molecule has 0 spiro atoms. The Kier molecular flexibility index (Phi) is 3.89. The Bertz CT molecular complexity index is 375. The molecule has 0 radical (unpaired) electrons. The second kappa shape index (κ2) is 5.41. The number of carbonyl (C=O) groups is 1. The van der Waals surface area contributed by atoms with Gasteiger partial charge >= 0.3 is 0 Å². The lowest BCUT2D eigenvalue weighted by atomic mass is 9.90. The van der Waals surface area contributed by atoms with E-state index < -0.39 is 0 Å². The molecule has 2 heterocycles. The number of ketones is 1. The highest BCUT2D eigenvalue weighted by Crippen LogP contribution is 2.21. The smallest absolute Gasteiger partial charge is 0.168 e. The highest BCUT2D eigenvalue weighted by Gasteiger charge is 2.27. The van der Waals surface area contributed by atoms with Crippen LogP contribution in [0.4, 0.5) is 0 Å². The highest BCUT2D eigenvalue weighted by molar-refractivity contribution is 5.97. The van der Waals surface area contributed by atoms with Crippen LogP contribution in [0.15, 0.2) is 24.5 Å². The van der Waals surface area contributed by atoms with Crippen molar-refractivity contribution in [2.45, 2.75) is 32.7 Å². The molecule has 3 nitrogen and oxygen atoms in total. The second-order valence-electron chi connectivity index (χ2n) is 5.03. The normalized spacial score (nSPS) is 21.7. The molecule has 17 heavy (non-hydrogen) atoms. The van der Waals surface area contributed by atoms with Crippen molar-refractivity contribution >= 4 is 5.78 Å². The molecule has 1 unspecified atom stereocenters. The lowest BCUT2D eigenvalue weighted by Crippen LogP contribution is -2.42. The summed E-state index contributed by atoms with van der Waals surface area (Å²) >= 11 is 0. The molecule has 1 saturated heterocycles. The number of carbonyl (C=O) groups excluding carboxylic acids is 1. The summed E-state index contributed by atoms with van der Waals surface area (Å²) in [6.07, 6.45) is 5.51. The minimum atomic E-state index is 0.148. The van der Waals surface area contributed by atoms with Gasteiger partial charge in [0.05, 0.1) is 0 Å². The molecule has 1 aliphatic rings. The fraction of sp³-hybridized carbons (Fsp3) is 0.571. The summed E-state index contributed by atoms with van der Waals surface area (Å²) in [6, 6.07) is 4.22. The van der Waals surface area contributed by atoms with Gasteiger partial charge in [-0.25, -0.2) is 0 Å². The molecule has 0 amide bonds. The first-order chi connectivity index (χ1) is 8.18. The third-order valence-electron chi connectivity index (χ3n) is 3.50. The van der Waals surface area contributed by atoms with E-state index in [-0.39, 0.29) is 11.7 Å². The van der Waals surface area contributed by atoms with Crippen LogP contribution in [0.5, 0.6) is 0 Å². The minimum absolute atomic E-state index is 0.148. The van der Waals surface area contributed by atoms with Crippen LogP contribution in [0, 0.1) is 5.92 Å². The number of nitrogens with zero attached hydrogens (tertiary/aromatic N) is 2. The maximum Gasteiger partial charge on any atom is 0.168 e. The Balaban J connectivity index is 2.05. The average Bonchev–Trinajstić information content (AvgIpc) is 2.39. The maximum atomic E-state index is 12.3. The van der Waals surface area contributed by atoms with Crippen LogP contribution >= 0.6 is 0 Å². The molecule has 0 N–H and O–H groups in total. The monoisotopic (exact) mass is 232 g/mol. The summed E-state index contributed by atoms with van der Waals surface area (Å²) in [5.74, 6) is 0.402. The third kappa shape index (κ3) is 2.91. The van der Waals surface area contributed by atoms with Crippen LogP contribution in [0.1, 0.15) is 37.0 Å². The Morgan fingerprint density at radius 2 is 2.35 bits per heavy atom. The van der Waals surface area contributed by atoms with Crippen molar-refractivity contribution in [3.63, 3.8) is 0 Å². The molecule has 1 atom stereocenters. The molecule has 1 aromatic heterocycles. The van der Waals surface area contributed by atoms with Crippen LogP contribution in [-0.2, 0) is 0 Å².